The fourth-order valence-electron chi connectivity index (χ4n) is 3.25. The third-order valence-corrected chi connectivity index (χ3v) is 4.81. The highest BCUT2D eigenvalue weighted by molar-refractivity contribution is 4.82. The molecule has 1 N–H and O–H groups in total. The maximum absolute atomic E-state index is 3.67. The molecular formula is C16H34N2. The number of likely N-dealkylation sites (N-methyl/N-ethyl adjacent to an activating group) is 2. The van der Waals surface area contributed by atoms with E-state index < -0.39 is 0 Å². The van der Waals surface area contributed by atoms with Crippen LogP contribution in [-0.4, -0.2) is 37.1 Å². The summed E-state index contributed by atoms with van der Waals surface area (Å²) in [5, 5.41) is 3.67. The molecule has 0 aromatic rings. The molecule has 2 nitrogen and oxygen atoms in total. The Morgan fingerprint density at radius 2 is 2.00 bits per heavy atom. The van der Waals surface area contributed by atoms with Crippen molar-refractivity contribution in [3.8, 4) is 0 Å². The Hall–Kier alpha value is -0.0800. The van der Waals surface area contributed by atoms with E-state index >= 15 is 0 Å². The lowest BCUT2D eigenvalue weighted by Crippen LogP contribution is -2.47. The molecule has 0 amide bonds. The van der Waals surface area contributed by atoms with Gasteiger partial charge >= 0.3 is 0 Å². The van der Waals surface area contributed by atoms with Crippen LogP contribution in [0.3, 0.4) is 0 Å². The maximum Gasteiger partial charge on any atom is 0.0220 e. The lowest BCUT2D eigenvalue weighted by molar-refractivity contribution is 0.139. The van der Waals surface area contributed by atoms with Crippen LogP contribution in [0.5, 0.6) is 0 Å². The van der Waals surface area contributed by atoms with Gasteiger partial charge in [-0.25, -0.2) is 0 Å². The first kappa shape index (κ1) is 16.0. The van der Waals surface area contributed by atoms with Gasteiger partial charge in [-0.1, -0.05) is 47.0 Å². The van der Waals surface area contributed by atoms with Gasteiger partial charge in [-0.15, -0.1) is 0 Å². The second-order valence-corrected chi connectivity index (χ2v) is 6.41. The summed E-state index contributed by atoms with van der Waals surface area (Å²) in [5.41, 5.74) is 0. The number of hydrogen-bond donors (Lipinski definition) is 1. The van der Waals surface area contributed by atoms with E-state index in [-0.39, 0.29) is 0 Å². The maximum atomic E-state index is 3.67. The number of nitrogens with one attached hydrogen (secondary N) is 1. The largest absolute Gasteiger partial charge is 0.313 e. The monoisotopic (exact) mass is 254 g/mol. The second-order valence-electron chi connectivity index (χ2n) is 6.41. The molecule has 1 aliphatic carbocycles. The summed E-state index contributed by atoms with van der Waals surface area (Å²) in [7, 11) is 2.33. The molecule has 1 rings (SSSR count). The first-order valence-corrected chi connectivity index (χ1v) is 8.02. The van der Waals surface area contributed by atoms with Gasteiger partial charge in [0.25, 0.3) is 0 Å². The van der Waals surface area contributed by atoms with Crippen LogP contribution in [0.1, 0.15) is 59.8 Å². The predicted molar refractivity (Wildman–Crippen MR) is 81.0 cm³/mol. The van der Waals surface area contributed by atoms with Gasteiger partial charge in [0.2, 0.25) is 0 Å². The molecule has 108 valence electrons. The van der Waals surface area contributed by atoms with Crippen molar-refractivity contribution in [3.63, 3.8) is 0 Å². The van der Waals surface area contributed by atoms with Gasteiger partial charge in [0.05, 0.1) is 0 Å². The summed E-state index contributed by atoms with van der Waals surface area (Å²) in [6, 6.07) is 1.47. The molecule has 0 saturated heterocycles. The van der Waals surface area contributed by atoms with Gasteiger partial charge in [-0.05, 0) is 38.3 Å². The zero-order valence-electron chi connectivity index (χ0n) is 13.2. The molecule has 0 aliphatic heterocycles. The minimum Gasteiger partial charge on any atom is -0.313 e. The molecule has 0 heterocycles. The molecule has 1 aliphatic rings. The molecule has 2 heteroatoms. The van der Waals surface area contributed by atoms with E-state index in [1.807, 2.05) is 0 Å². The highest BCUT2D eigenvalue weighted by atomic mass is 15.2. The minimum atomic E-state index is 0.655. The summed E-state index contributed by atoms with van der Waals surface area (Å²) in [5.74, 6) is 1.70. The van der Waals surface area contributed by atoms with Crippen molar-refractivity contribution >= 4 is 0 Å². The molecule has 0 bridgehead atoms. The minimum absolute atomic E-state index is 0.655. The highest BCUT2D eigenvalue weighted by Crippen LogP contribution is 2.27. The van der Waals surface area contributed by atoms with Crippen LogP contribution < -0.4 is 5.32 Å². The van der Waals surface area contributed by atoms with Crippen LogP contribution in [0.4, 0.5) is 0 Å². The molecular weight excluding hydrogens is 220 g/mol. The molecule has 4 unspecified atom stereocenters. The molecule has 18 heavy (non-hydrogen) atoms. The summed E-state index contributed by atoms with van der Waals surface area (Å²) in [6.07, 6.45) is 6.93. The molecule has 4 atom stereocenters. The lowest BCUT2D eigenvalue weighted by atomic mass is 9.86. The van der Waals surface area contributed by atoms with Crippen molar-refractivity contribution < 1.29 is 0 Å². The quantitative estimate of drug-likeness (QED) is 0.748. The van der Waals surface area contributed by atoms with Gasteiger partial charge in [0.1, 0.15) is 0 Å². The third-order valence-electron chi connectivity index (χ3n) is 4.81. The van der Waals surface area contributed by atoms with Crippen LogP contribution in [0.2, 0.25) is 0 Å². The summed E-state index contributed by atoms with van der Waals surface area (Å²) in [6.45, 7) is 11.6. The first-order valence-electron chi connectivity index (χ1n) is 8.02. The van der Waals surface area contributed by atoms with Crippen LogP contribution >= 0.6 is 0 Å². The smallest absolute Gasteiger partial charge is 0.0220 e. The van der Waals surface area contributed by atoms with Gasteiger partial charge in [-0.3, -0.25) is 0 Å². The standard InChI is InChI=1S/C16H34N2/c1-6-14(4)16(17-7-2)12-18(5)15-10-8-9-13(3)11-15/h13-17H,6-12H2,1-5H3. The van der Waals surface area contributed by atoms with Crippen molar-refractivity contribution in [1.82, 2.24) is 10.2 Å². The topological polar surface area (TPSA) is 15.3 Å². The van der Waals surface area contributed by atoms with E-state index in [2.05, 4.69) is 45.0 Å². The van der Waals surface area contributed by atoms with Crippen molar-refractivity contribution in [3.05, 3.63) is 0 Å². The summed E-state index contributed by atoms with van der Waals surface area (Å²) < 4.78 is 0. The van der Waals surface area contributed by atoms with Gasteiger partial charge in [0, 0.05) is 18.6 Å². The molecule has 0 spiro atoms. The lowest BCUT2D eigenvalue weighted by Gasteiger charge is -2.37. The van der Waals surface area contributed by atoms with Crippen molar-refractivity contribution in [2.24, 2.45) is 11.8 Å². The van der Waals surface area contributed by atoms with Crippen molar-refractivity contribution in [1.29, 1.82) is 0 Å². The number of hydrogen-bond acceptors (Lipinski definition) is 2. The Labute approximate surface area is 115 Å². The highest BCUT2D eigenvalue weighted by Gasteiger charge is 2.25. The third kappa shape index (κ3) is 4.89. The Balaban J connectivity index is 2.46. The van der Waals surface area contributed by atoms with Gasteiger partial charge in [-0.2, -0.15) is 0 Å². The van der Waals surface area contributed by atoms with E-state index in [0.717, 1.165) is 24.4 Å². The SMILES string of the molecule is CCNC(CN(C)C1CCCC(C)C1)C(C)CC. The second kappa shape index (κ2) is 8.16. The fourth-order valence-corrected chi connectivity index (χ4v) is 3.25. The number of nitrogens with zero attached hydrogens (tertiary/aromatic N) is 1. The van der Waals surface area contributed by atoms with Gasteiger partial charge in [0.15, 0.2) is 0 Å². The Bertz CT molecular complexity index is 217. The van der Waals surface area contributed by atoms with E-state index in [1.165, 1.54) is 38.6 Å². The van der Waals surface area contributed by atoms with Crippen LogP contribution in [0, 0.1) is 11.8 Å². The Kier molecular flexibility index (Phi) is 7.25. The molecule has 0 aromatic carbocycles. The van der Waals surface area contributed by atoms with Gasteiger partial charge < -0.3 is 10.2 Å². The van der Waals surface area contributed by atoms with E-state index in [9.17, 15) is 0 Å². The van der Waals surface area contributed by atoms with Crippen LogP contribution in [0.25, 0.3) is 0 Å². The van der Waals surface area contributed by atoms with Crippen molar-refractivity contribution in [2.75, 3.05) is 20.1 Å². The zero-order valence-corrected chi connectivity index (χ0v) is 13.2. The molecule has 1 saturated carbocycles. The normalized spacial score (nSPS) is 28.3. The molecule has 1 fully saturated rings. The average molecular weight is 254 g/mol. The number of rotatable bonds is 7. The summed E-state index contributed by atoms with van der Waals surface area (Å²) >= 11 is 0. The van der Waals surface area contributed by atoms with E-state index in [4.69, 9.17) is 0 Å². The fraction of sp³-hybridized carbons (Fsp3) is 1.00. The average Bonchev–Trinajstić information content (AvgIpc) is 2.37. The van der Waals surface area contributed by atoms with E-state index in [0.29, 0.717) is 6.04 Å². The first-order chi connectivity index (χ1) is 8.58. The predicted octanol–water partition coefficient (Wildman–Crippen LogP) is 3.52. The Morgan fingerprint density at radius 1 is 1.28 bits per heavy atom. The van der Waals surface area contributed by atoms with Crippen molar-refractivity contribution in [2.45, 2.75) is 71.9 Å². The summed E-state index contributed by atoms with van der Waals surface area (Å²) in [4.78, 5) is 2.62. The zero-order chi connectivity index (χ0) is 13.5. The van der Waals surface area contributed by atoms with Crippen LogP contribution in [-0.2, 0) is 0 Å². The molecule has 0 radical (unpaired) electrons. The van der Waals surface area contributed by atoms with E-state index in [1.54, 1.807) is 0 Å². The molecule has 0 aromatic heterocycles. The Morgan fingerprint density at radius 3 is 2.56 bits per heavy atom. The van der Waals surface area contributed by atoms with Crippen LogP contribution in [0.15, 0.2) is 0 Å².